The highest BCUT2D eigenvalue weighted by Crippen LogP contribution is 2.36. The van der Waals surface area contributed by atoms with Gasteiger partial charge in [-0.3, -0.25) is 0 Å². The lowest BCUT2D eigenvalue weighted by Gasteiger charge is -2.06. The molecule has 0 aliphatic rings. The molecular formula is C19H15N7. The molecule has 0 aliphatic carbocycles. The number of nitrogen functional groups attached to an aromatic ring is 1. The number of aromatic nitrogens is 6. The third-order valence-electron chi connectivity index (χ3n) is 4.54. The Kier molecular flexibility index (Phi) is 3.02. The van der Waals surface area contributed by atoms with Crippen LogP contribution in [0.4, 0.5) is 5.95 Å². The molecule has 0 fully saturated rings. The van der Waals surface area contributed by atoms with Crippen LogP contribution in [0.2, 0.25) is 0 Å². The van der Waals surface area contributed by atoms with E-state index >= 15 is 0 Å². The van der Waals surface area contributed by atoms with Gasteiger partial charge in [-0.2, -0.15) is 0 Å². The summed E-state index contributed by atoms with van der Waals surface area (Å²) in [7, 11) is 1.96. The summed E-state index contributed by atoms with van der Waals surface area (Å²) in [5.74, 6) is 0.143. The summed E-state index contributed by atoms with van der Waals surface area (Å²) >= 11 is 0. The second-order valence-corrected chi connectivity index (χ2v) is 6.14. The van der Waals surface area contributed by atoms with Crippen molar-refractivity contribution in [1.82, 2.24) is 29.7 Å². The van der Waals surface area contributed by atoms with Crippen LogP contribution in [0.25, 0.3) is 44.5 Å². The number of hydrogen-bond donors (Lipinski definition) is 2. The molecule has 0 saturated carbocycles. The summed E-state index contributed by atoms with van der Waals surface area (Å²) in [6, 6.07) is 12.0. The number of aromatic amines is 1. The van der Waals surface area contributed by atoms with Crippen molar-refractivity contribution in [3.8, 4) is 22.5 Å². The Morgan fingerprint density at radius 1 is 0.962 bits per heavy atom. The predicted molar refractivity (Wildman–Crippen MR) is 101 cm³/mol. The molecule has 0 aliphatic heterocycles. The molecule has 4 heterocycles. The van der Waals surface area contributed by atoms with Gasteiger partial charge >= 0.3 is 0 Å². The molecule has 26 heavy (non-hydrogen) atoms. The maximum atomic E-state index is 5.87. The lowest BCUT2D eigenvalue weighted by Crippen LogP contribution is -2.02. The van der Waals surface area contributed by atoms with Crippen LogP contribution in [0.15, 0.2) is 55.0 Å². The summed E-state index contributed by atoms with van der Waals surface area (Å²) < 4.78 is 1.97. The topological polar surface area (TPSA) is 98.3 Å². The first-order chi connectivity index (χ1) is 12.7. The van der Waals surface area contributed by atoms with Gasteiger partial charge in [-0.05, 0) is 18.2 Å². The fraction of sp³-hybridized carbons (Fsp3) is 0.0526. The maximum absolute atomic E-state index is 5.87. The second kappa shape index (κ2) is 5.38. The van der Waals surface area contributed by atoms with Crippen LogP contribution in [0.3, 0.4) is 0 Å². The molecule has 4 aromatic heterocycles. The zero-order valence-corrected chi connectivity index (χ0v) is 14.0. The Balaban J connectivity index is 1.84. The van der Waals surface area contributed by atoms with E-state index in [1.54, 1.807) is 6.20 Å². The third kappa shape index (κ3) is 2.07. The minimum atomic E-state index is 0.143. The first-order valence-corrected chi connectivity index (χ1v) is 8.19. The molecule has 0 unspecified atom stereocenters. The summed E-state index contributed by atoms with van der Waals surface area (Å²) in [5.41, 5.74) is 11.0. The number of benzene rings is 1. The molecule has 3 N–H and O–H groups in total. The molecule has 0 radical (unpaired) electrons. The van der Waals surface area contributed by atoms with E-state index in [1.165, 1.54) is 0 Å². The Hall–Kier alpha value is -3.74. The highest BCUT2D eigenvalue weighted by Gasteiger charge is 2.19. The Bertz CT molecular complexity index is 1270. The summed E-state index contributed by atoms with van der Waals surface area (Å²) in [5, 5.41) is 10.4. The van der Waals surface area contributed by atoms with Crippen molar-refractivity contribution in [3.63, 3.8) is 0 Å². The fourth-order valence-electron chi connectivity index (χ4n) is 3.38. The van der Waals surface area contributed by atoms with Crippen molar-refractivity contribution >= 4 is 27.9 Å². The van der Waals surface area contributed by atoms with Gasteiger partial charge in [0.05, 0.1) is 0 Å². The van der Waals surface area contributed by atoms with Crippen molar-refractivity contribution in [2.75, 3.05) is 5.73 Å². The highest BCUT2D eigenvalue weighted by atomic mass is 15.2. The lowest BCUT2D eigenvalue weighted by molar-refractivity contribution is 0.947. The Morgan fingerprint density at radius 3 is 2.73 bits per heavy atom. The number of para-hydroxylation sites is 1. The van der Waals surface area contributed by atoms with Crippen molar-refractivity contribution < 1.29 is 0 Å². The standard InChI is InChI=1S/C19H15N7/c1-26-10-14(12-6-4-8-21-18(12)26)16-17(24-25-19(20)23-16)13-9-22-15-7-3-2-5-11(13)15/h2-10,22H,1H3,(H2,20,23,25). The predicted octanol–water partition coefficient (Wildman–Crippen LogP) is 3.16. The average molecular weight is 341 g/mol. The van der Waals surface area contributed by atoms with Gasteiger partial charge in [0.15, 0.2) is 0 Å². The van der Waals surface area contributed by atoms with E-state index in [4.69, 9.17) is 5.73 Å². The average Bonchev–Trinajstić information content (AvgIpc) is 3.24. The SMILES string of the molecule is Cn1cc(-c2nc(N)nnc2-c2c[nH]c3ccccc23)c2cccnc21. The molecular weight excluding hydrogens is 326 g/mol. The van der Waals surface area contributed by atoms with E-state index in [0.29, 0.717) is 11.4 Å². The largest absolute Gasteiger partial charge is 0.366 e. The van der Waals surface area contributed by atoms with E-state index in [9.17, 15) is 0 Å². The monoisotopic (exact) mass is 341 g/mol. The van der Waals surface area contributed by atoms with Crippen LogP contribution in [0.5, 0.6) is 0 Å². The van der Waals surface area contributed by atoms with Crippen LogP contribution in [-0.4, -0.2) is 29.7 Å². The molecule has 0 spiro atoms. The molecule has 0 bridgehead atoms. The van der Waals surface area contributed by atoms with Crippen LogP contribution in [-0.2, 0) is 7.05 Å². The number of pyridine rings is 1. The van der Waals surface area contributed by atoms with Crippen molar-refractivity contribution in [2.24, 2.45) is 7.05 Å². The van der Waals surface area contributed by atoms with Gasteiger partial charge < -0.3 is 15.3 Å². The number of fused-ring (bicyclic) bond motifs is 2. The van der Waals surface area contributed by atoms with E-state index in [2.05, 4.69) is 25.1 Å². The summed E-state index contributed by atoms with van der Waals surface area (Å²) in [4.78, 5) is 12.3. The van der Waals surface area contributed by atoms with Crippen LogP contribution in [0, 0.1) is 0 Å². The van der Waals surface area contributed by atoms with Crippen LogP contribution in [0.1, 0.15) is 0 Å². The molecule has 5 rings (SSSR count). The Labute approximate surface area is 148 Å². The molecule has 0 atom stereocenters. The molecule has 0 amide bonds. The number of H-pyrrole nitrogens is 1. The van der Waals surface area contributed by atoms with Gasteiger partial charge in [-0.15, -0.1) is 10.2 Å². The quantitative estimate of drug-likeness (QED) is 0.514. The molecule has 7 heteroatoms. The molecule has 0 saturated heterocycles. The second-order valence-electron chi connectivity index (χ2n) is 6.14. The lowest BCUT2D eigenvalue weighted by atomic mass is 10.0. The zero-order valence-electron chi connectivity index (χ0n) is 14.0. The van der Waals surface area contributed by atoms with Gasteiger partial charge in [0.1, 0.15) is 17.0 Å². The highest BCUT2D eigenvalue weighted by molar-refractivity contribution is 6.01. The number of rotatable bonds is 2. The molecule has 5 aromatic rings. The van der Waals surface area contributed by atoms with Crippen LogP contribution >= 0.6 is 0 Å². The van der Waals surface area contributed by atoms with Crippen molar-refractivity contribution in [1.29, 1.82) is 0 Å². The Morgan fingerprint density at radius 2 is 1.81 bits per heavy atom. The van der Waals surface area contributed by atoms with Gasteiger partial charge in [0.2, 0.25) is 5.95 Å². The minimum Gasteiger partial charge on any atom is -0.366 e. The molecule has 7 nitrogen and oxygen atoms in total. The fourth-order valence-corrected chi connectivity index (χ4v) is 3.38. The van der Waals surface area contributed by atoms with Crippen molar-refractivity contribution in [2.45, 2.75) is 0 Å². The summed E-state index contributed by atoms with van der Waals surface area (Å²) in [6.45, 7) is 0. The van der Waals surface area contributed by atoms with E-state index in [0.717, 1.165) is 33.1 Å². The first-order valence-electron chi connectivity index (χ1n) is 8.19. The van der Waals surface area contributed by atoms with Gasteiger partial charge in [-0.25, -0.2) is 9.97 Å². The van der Waals surface area contributed by atoms with Gasteiger partial charge in [-0.1, -0.05) is 18.2 Å². The number of nitrogens with two attached hydrogens (primary N) is 1. The third-order valence-corrected chi connectivity index (χ3v) is 4.54. The van der Waals surface area contributed by atoms with Crippen molar-refractivity contribution in [3.05, 3.63) is 55.0 Å². The molecule has 1 aromatic carbocycles. The number of nitrogens with one attached hydrogen (secondary N) is 1. The van der Waals surface area contributed by atoms with E-state index in [-0.39, 0.29) is 5.95 Å². The maximum Gasteiger partial charge on any atom is 0.240 e. The minimum absolute atomic E-state index is 0.143. The van der Waals surface area contributed by atoms with E-state index in [1.807, 2.05) is 60.4 Å². The molecule has 126 valence electrons. The number of aryl methyl sites for hydroxylation is 1. The zero-order chi connectivity index (χ0) is 17.7. The van der Waals surface area contributed by atoms with Crippen LogP contribution < -0.4 is 5.73 Å². The smallest absolute Gasteiger partial charge is 0.240 e. The normalized spacial score (nSPS) is 11.4. The number of anilines is 1. The summed E-state index contributed by atoms with van der Waals surface area (Å²) in [6.07, 6.45) is 5.71. The van der Waals surface area contributed by atoms with Gasteiger partial charge in [0, 0.05) is 53.1 Å². The van der Waals surface area contributed by atoms with Gasteiger partial charge in [0.25, 0.3) is 0 Å². The van der Waals surface area contributed by atoms with E-state index < -0.39 is 0 Å². The number of hydrogen-bond acceptors (Lipinski definition) is 5. The first kappa shape index (κ1) is 14.6. The number of nitrogens with zero attached hydrogens (tertiary/aromatic N) is 5.